The first-order valence-electron chi connectivity index (χ1n) is 5.38. The number of nitrogens with zero attached hydrogens (tertiary/aromatic N) is 2. The van der Waals surface area contributed by atoms with E-state index < -0.39 is 5.97 Å². The van der Waals surface area contributed by atoms with Crippen molar-refractivity contribution in [2.45, 2.75) is 17.6 Å². The third kappa shape index (κ3) is 3.30. The van der Waals surface area contributed by atoms with Crippen LogP contribution in [-0.4, -0.2) is 21.0 Å². The summed E-state index contributed by atoms with van der Waals surface area (Å²) in [6.07, 6.45) is 5.14. The van der Waals surface area contributed by atoms with E-state index in [2.05, 4.69) is 16.0 Å². The quantitative estimate of drug-likeness (QED) is 0.856. The first-order valence-corrected chi connectivity index (χ1v) is 6.36. The molecule has 5 heteroatoms. The van der Waals surface area contributed by atoms with Crippen LogP contribution in [0.1, 0.15) is 21.6 Å². The van der Waals surface area contributed by atoms with Gasteiger partial charge < -0.3 is 5.11 Å². The number of carboxylic acid groups (broad SMARTS) is 1. The molecule has 0 saturated carbocycles. The van der Waals surface area contributed by atoms with Crippen LogP contribution in [0.3, 0.4) is 0 Å². The van der Waals surface area contributed by atoms with Gasteiger partial charge in [-0.3, -0.25) is 4.98 Å². The summed E-state index contributed by atoms with van der Waals surface area (Å²) in [7, 11) is 0. The van der Waals surface area contributed by atoms with Gasteiger partial charge in [0, 0.05) is 29.2 Å². The molecule has 0 aromatic carbocycles. The van der Waals surface area contributed by atoms with Crippen LogP contribution in [0, 0.1) is 6.92 Å². The SMILES string of the molecule is Cc1cncc(CSc2ccnc(C(=O)O)c2)c1. The Morgan fingerprint density at radius 3 is 2.94 bits per heavy atom. The third-order valence-corrected chi connectivity index (χ3v) is 3.35. The zero-order chi connectivity index (χ0) is 13.0. The standard InChI is InChI=1S/C13H12N2O2S/c1-9-4-10(7-14-6-9)8-18-11-2-3-15-12(5-11)13(16)17/h2-7H,8H2,1H3,(H,16,17). The zero-order valence-corrected chi connectivity index (χ0v) is 10.6. The van der Waals surface area contributed by atoms with E-state index in [0.717, 1.165) is 21.8 Å². The van der Waals surface area contributed by atoms with Crippen LogP contribution in [0.25, 0.3) is 0 Å². The van der Waals surface area contributed by atoms with E-state index in [4.69, 9.17) is 5.11 Å². The van der Waals surface area contributed by atoms with Crippen molar-refractivity contribution in [1.29, 1.82) is 0 Å². The summed E-state index contributed by atoms with van der Waals surface area (Å²) < 4.78 is 0. The Morgan fingerprint density at radius 2 is 2.22 bits per heavy atom. The minimum absolute atomic E-state index is 0.0716. The molecule has 1 N–H and O–H groups in total. The molecule has 0 aliphatic carbocycles. The Bertz CT molecular complexity index is 572. The summed E-state index contributed by atoms with van der Waals surface area (Å²) in [5.74, 6) is -0.243. The molecule has 0 saturated heterocycles. The molecule has 4 nitrogen and oxygen atoms in total. The minimum atomic E-state index is -1.00. The molecule has 0 aliphatic heterocycles. The van der Waals surface area contributed by atoms with Gasteiger partial charge in [-0.1, -0.05) is 6.07 Å². The lowest BCUT2D eigenvalue weighted by atomic mass is 10.2. The van der Waals surface area contributed by atoms with Gasteiger partial charge in [0.1, 0.15) is 5.69 Å². The predicted molar refractivity (Wildman–Crippen MR) is 69.7 cm³/mol. The third-order valence-electron chi connectivity index (χ3n) is 2.29. The van der Waals surface area contributed by atoms with Crippen molar-refractivity contribution in [2.75, 3.05) is 0 Å². The molecular weight excluding hydrogens is 248 g/mol. The monoisotopic (exact) mass is 260 g/mol. The highest BCUT2D eigenvalue weighted by Gasteiger charge is 2.05. The van der Waals surface area contributed by atoms with Gasteiger partial charge in [-0.25, -0.2) is 9.78 Å². The molecule has 0 radical (unpaired) electrons. The van der Waals surface area contributed by atoms with Crippen molar-refractivity contribution in [1.82, 2.24) is 9.97 Å². The largest absolute Gasteiger partial charge is 0.477 e. The maximum absolute atomic E-state index is 10.8. The summed E-state index contributed by atoms with van der Waals surface area (Å²) in [4.78, 5) is 19.6. The first-order chi connectivity index (χ1) is 8.65. The highest BCUT2D eigenvalue weighted by atomic mass is 32.2. The highest BCUT2D eigenvalue weighted by Crippen LogP contribution is 2.22. The number of pyridine rings is 2. The second kappa shape index (κ2) is 5.64. The molecular formula is C13H12N2O2S. The first kappa shape index (κ1) is 12.6. The molecule has 2 rings (SSSR count). The van der Waals surface area contributed by atoms with Crippen LogP contribution >= 0.6 is 11.8 Å². The number of aromatic nitrogens is 2. The normalized spacial score (nSPS) is 10.3. The van der Waals surface area contributed by atoms with Gasteiger partial charge >= 0.3 is 5.97 Å². The number of hydrogen-bond acceptors (Lipinski definition) is 4. The molecule has 18 heavy (non-hydrogen) atoms. The van der Waals surface area contributed by atoms with Crippen molar-refractivity contribution in [3.8, 4) is 0 Å². The van der Waals surface area contributed by atoms with Gasteiger partial charge in [0.25, 0.3) is 0 Å². The van der Waals surface area contributed by atoms with Crippen LogP contribution in [0.15, 0.2) is 41.7 Å². The molecule has 0 aliphatic rings. The maximum Gasteiger partial charge on any atom is 0.354 e. The fraction of sp³-hybridized carbons (Fsp3) is 0.154. The average Bonchev–Trinajstić information content (AvgIpc) is 2.37. The molecule has 2 heterocycles. The van der Waals surface area contributed by atoms with Gasteiger partial charge in [-0.15, -0.1) is 11.8 Å². The van der Waals surface area contributed by atoms with Crippen molar-refractivity contribution >= 4 is 17.7 Å². The molecule has 0 fully saturated rings. The van der Waals surface area contributed by atoms with E-state index in [9.17, 15) is 4.79 Å². The summed E-state index contributed by atoms with van der Waals surface area (Å²) in [5.41, 5.74) is 2.31. The molecule has 92 valence electrons. The van der Waals surface area contributed by atoms with E-state index in [-0.39, 0.29) is 5.69 Å². The van der Waals surface area contributed by atoms with Crippen LogP contribution in [0.5, 0.6) is 0 Å². The highest BCUT2D eigenvalue weighted by molar-refractivity contribution is 7.98. The molecule has 2 aromatic heterocycles. The molecule has 0 bridgehead atoms. The van der Waals surface area contributed by atoms with E-state index in [1.807, 2.05) is 19.3 Å². The molecule has 0 spiro atoms. The van der Waals surface area contributed by atoms with E-state index >= 15 is 0 Å². The van der Waals surface area contributed by atoms with Gasteiger partial charge in [0.2, 0.25) is 0 Å². The van der Waals surface area contributed by atoms with Crippen molar-refractivity contribution < 1.29 is 9.90 Å². The Hall–Kier alpha value is -1.88. The van der Waals surface area contributed by atoms with Crippen LogP contribution < -0.4 is 0 Å². The number of aromatic carboxylic acids is 1. The lowest BCUT2D eigenvalue weighted by Gasteiger charge is -2.03. The summed E-state index contributed by atoms with van der Waals surface area (Å²) in [6.45, 7) is 2.00. The Balaban J connectivity index is 2.06. The van der Waals surface area contributed by atoms with Gasteiger partial charge in [-0.05, 0) is 30.2 Å². The maximum atomic E-state index is 10.8. The number of aryl methyl sites for hydroxylation is 1. The van der Waals surface area contributed by atoms with Crippen LogP contribution in [0.2, 0.25) is 0 Å². The lowest BCUT2D eigenvalue weighted by molar-refractivity contribution is 0.0690. The fourth-order valence-electron chi connectivity index (χ4n) is 1.48. The van der Waals surface area contributed by atoms with Crippen molar-refractivity contribution in [2.24, 2.45) is 0 Å². The van der Waals surface area contributed by atoms with Crippen LogP contribution in [-0.2, 0) is 5.75 Å². The smallest absolute Gasteiger partial charge is 0.354 e. The summed E-state index contributed by atoms with van der Waals surface area (Å²) in [6, 6.07) is 5.45. The number of rotatable bonds is 4. The van der Waals surface area contributed by atoms with E-state index in [1.54, 1.807) is 23.9 Å². The minimum Gasteiger partial charge on any atom is -0.477 e. The molecule has 0 atom stereocenters. The molecule has 0 amide bonds. The van der Waals surface area contributed by atoms with Gasteiger partial charge in [0.15, 0.2) is 0 Å². The van der Waals surface area contributed by atoms with Crippen molar-refractivity contribution in [3.63, 3.8) is 0 Å². The zero-order valence-electron chi connectivity index (χ0n) is 9.83. The second-order valence-corrected chi connectivity index (χ2v) is 4.89. The lowest BCUT2D eigenvalue weighted by Crippen LogP contribution is -1.99. The number of hydrogen-bond donors (Lipinski definition) is 1. The number of carbonyl (C=O) groups is 1. The molecule has 2 aromatic rings. The second-order valence-electron chi connectivity index (χ2n) is 3.84. The molecule has 0 unspecified atom stereocenters. The topological polar surface area (TPSA) is 63.1 Å². The Morgan fingerprint density at radius 1 is 1.39 bits per heavy atom. The predicted octanol–water partition coefficient (Wildman–Crippen LogP) is 2.78. The number of thioether (sulfide) groups is 1. The summed E-state index contributed by atoms with van der Waals surface area (Å²) >= 11 is 1.57. The summed E-state index contributed by atoms with van der Waals surface area (Å²) in [5, 5.41) is 8.85. The fourth-order valence-corrected chi connectivity index (χ4v) is 2.32. The van der Waals surface area contributed by atoms with Crippen LogP contribution in [0.4, 0.5) is 0 Å². The van der Waals surface area contributed by atoms with Gasteiger partial charge in [0.05, 0.1) is 0 Å². The Kier molecular flexibility index (Phi) is 3.94. The van der Waals surface area contributed by atoms with Crippen molar-refractivity contribution in [3.05, 3.63) is 53.6 Å². The average molecular weight is 260 g/mol. The Labute approximate surface area is 109 Å². The van der Waals surface area contributed by atoms with Gasteiger partial charge in [-0.2, -0.15) is 0 Å². The van der Waals surface area contributed by atoms with E-state index in [1.165, 1.54) is 6.20 Å². The van der Waals surface area contributed by atoms with E-state index in [0.29, 0.717) is 0 Å². The number of carboxylic acids is 1.